The number of nitrogens with one attached hydrogen (secondary N) is 1. The summed E-state index contributed by atoms with van der Waals surface area (Å²) in [5.41, 5.74) is 3.69. The van der Waals surface area contributed by atoms with Crippen molar-refractivity contribution in [3.63, 3.8) is 0 Å². The molecule has 1 aliphatic rings. The molecule has 5 rings (SSSR count). The minimum absolute atomic E-state index is 0.225. The number of benzene rings is 2. The second-order valence-electron chi connectivity index (χ2n) is 7.45. The number of likely N-dealkylation sites (tertiary alicyclic amines) is 1. The molecule has 0 bridgehead atoms. The molecule has 30 heavy (non-hydrogen) atoms. The first-order chi connectivity index (χ1) is 14.7. The molecule has 5 nitrogen and oxygen atoms in total. The lowest BCUT2D eigenvalue weighted by molar-refractivity contribution is 0.175. The third-order valence-electron chi connectivity index (χ3n) is 5.29. The highest BCUT2D eigenvalue weighted by atomic mass is 35.5. The van der Waals surface area contributed by atoms with E-state index in [0.717, 1.165) is 51.5 Å². The summed E-state index contributed by atoms with van der Waals surface area (Å²) in [6.45, 7) is 2.36. The predicted molar refractivity (Wildman–Crippen MR) is 123 cm³/mol. The summed E-state index contributed by atoms with van der Waals surface area (Å²) in [4.78, 5) is 11.6. The lowest BCUT2D eigenvalue weighted by Crippen LogP contribution is -2.21. The molecule has 1 unspecified atom stereocenters. The van der Waals surface area contributed by atoms with E-state index in [1.807, 2.05) is 54.6 Å². The van der Waals surface area contributed by atoms with Crippen molar-refractivity contribution in [3.8, 4) is 11.1 Å². The fraction of sp³-hybridized carbons (Fsp3) is 0.217. The monoisotopic (exact) mass is 436 g/mol. The molecule has 1 aliphatic heterocycles. The molecule has 2 aromatic heterocycles. The van der Waals surface area contributed by atoms with Gasteiger partial charge in [-0.25, -0.2) is 9.97 Å². The number of aliphatic hydroxyl groups is 1. The Hall–Kier alpha value is -2.51. The van der Waals surface area contributed by atoms with E-state index >= 15 is 0 Å². The Bertz CT molecular complexity index is 1180. The van der Waals surface area contributed by atoms with E-state index in [1.54, 1.807) is 17.5 Å². The average Bonchev–Trinajstić information content (AvgIpc) is 3.36. The third-order valence-corrected chi connectivity index (χ3v) is 6.71. The van der Waals surface area contributed by atoms with Crippen LogP contribution < -0.4 is 5.32 Å². The SMILES string of the molecule is OC1CCN(Cc2nc3c(Nc4cccc(-c5ccccc5)c4Cl)nccc3s2)C1. The fourth-order valence-corrected chi connectivity index (χ4v) is 5.09. The van der Waals surface area contributed by atoms with Gasteiger partial charge < -0.3 is 10.4 Å². The summed E-state index contributed by atoms with van der Waals surface area (Å²) in [7, 11) is 0. The smallest absolute Gasteiger partial charge is 0.157 e. The first kappa shape index (κ1) is 19.5. The maximum absolute atomic E-state index is 9.77. The molecule has 0 aliphatic carbocycles. The van der Waals surface area contributed by atoms with Crippen LogP contribution in [0.25, 0.3) is 21.3 Å². The summed E-state index contributed by atoms with van der Waals surface area (Å²) in [6.07, 6.45) is 2.40. The molecule has 0 saturated carbocycles. The van der Waals surface area contributed by atoms with Crippen LogP contribution >= 0.6 is 22.9 Å². The number of rotatable bonds is 5. The quantitative estimate of drug-likeness (QED) is 0.443. The normalized spacial score (nSPS) is 16.9. The summed E-state index contributed by atoms with van der Waals surface area (Å²) in [5, 5.41) is 14.8. The van der Waals surface area contributed by atoms with E-state index in [1.165, 1.54) is 0 Å². The van der Waals surface area contributed by atoms with Crippen molar-refractivity contribution < 1.29 is 5.11 Å². The number of anilines is 2. The Labute approximate surface area is 184 Å². The van der Waals surface area contributed by atoms with Gasteiger partial charge in [-0.1, -0.05) is 54.1 Å². The van der Waals surface area contributed by atoms with Crippen molar-refractivity contribution >= 4 is 44.7 Å². The molecular formula is C23H21ClN4OS. The van der Waals surface area contributed by atoms with Crippen LogP contribution in [0.3, 0.4) is 0 Å². The number of hydrogen-bond donors (Lipinski definition) is 2. The topological polar surface area (TPSA) is 61.3 Å². The standard InChI is InChI=1S/C23H21ClN4OS/c24-21-17(15-5-2-1-3-6-15)7-4-8-18(21)26-23-22-19(9-11-25-23)30-20(27-22)14-28-12-10-16(29)13-28/h1-9,11,16,29H,10,12-14H2,(H,25,26). The first-order valence-electron chi connectivity index (χ1n) is 9.93. The lowest BCUT2D eigenvalue weighted by atomic mass is 10.1. The Morgan fingerprint density at radius 3 is 2.80 bits per heavy atom. The molecule has 2 N–H and O–H groups in total. The number of hydrogen-bond acceptors (Lipinski definition) is 6. The molecule has 0 amide bonds. The van der Waals surface area contributed by atoms with E-state index in [-0.39, 0.29) is 6.10 Å². The number of β-amino-alcohol motifs (C(OH)–C–C–N with tert-alkyl or cyclic N) is 1. The van der Waals surface area contributed by atoms with Crippen molar-refractivity contribution in [2.24, 2.45) is 0 Å². The highest BCUT2D eigenvalue weighted by Crippen LogP contribution is 2.36. The lowest BCUT2D eigenvalue weighted by Gasteiger charge is -2.12. The minimum Gasteiger partial charge on any atom is -0.392 e. The molecule has 4 aromatic rings. The highest BCUT2D eigenvalue weighted by Gasteiger charge is 2.21. The van der Waals surface area contributed by atoms with Gasteiger partial charge >= 0.3 is 0 Å². The van der Waals surface area contributed by atoms with Crippen molar-refractivity contribution in [2.75, 3.05) is 18.4 Å². The van der Waals surface area contributed by atoms with Gasteiger partial charge in [0.05, 0.1) is 28.1 Å². The van der Waals surface area contributed by atoms with E-state index in [9.17, 15) is 5.11 Å². The van der Waals surface area contributed by atoms with E-state index in [2.05, 4.69) is 15.2 Å². The van der Waals surface area contributed by atoms with Gasteiger partial charge in [0.2, 0.25) is 0 Å². The van der Waals surface area contributed by atoms with Gasteiger partial charge in [-0.05, 0) is 24.1 Å². The molecule has 1 saturated heterocycles. The van der Waals surface area contributed by atoms with Crippen molar-refractivity contribution in [1.29, 1.82) is 0 Å². The van der Waals surface area contributed by atoms with Crippen molar-refractivity contribution in [3.05, 3.63) is 70.8 Å². The van der Waals surface area contributed by atoms with E-state index in [4.69, 9.17) is 16.6 Å². The minimum atomic E-state index is -0.225. The molecule has 7 heteroatoms. The zero-order valence-electron chi connectivity index (χ0n) is 16.3. The van der Waals surface area contributed by atoms with Gasteiger partial charge in [0.1, 0.15) is 10.5 Å². The Balaban J connectivity index is 1.44. The van der Waals surface area contributed by atoms with Crippen LogP contribution in [0.4, 0.5) is 11.5 Å². The van der Waals surface area contributed by atoms with Gasteiger partial charge in [0.25, 0.3) is 0 Å². The zero-order valence-corrected chi connectivity index (χ0v) is 17.8. The van der Waals surface area contributed by atoms with Gasteiger partial charge in [-0.2, -0.15) is 0 Å². The molecule has 1 fully saturated rings. The largest absolute Gasteiger partial charge is 0.392 e. The predicted octanol–water partition coefficient (Wildman–Crippen LogP) is 5.32. The van der Waals surface area contributed by atoms with Crippen LogP contribution in [-0.2, 0) is 6.54 Å². The van der Waals surface area contributed by atoms with Crippen LogP contribution in [0.15, 0.2) is 60.8 Å². The molecule has 0 spiro atoms. The zero-order chi connectivity index (χ0) is 20.5. The highest BCUT2D eigenvalue weighted by molar-refractivity contribution is 7.18. The van der Waals surface area contributed by atoms with Gasteiger partial charge in [-0.3, -0.25) is 4.90 Å². The number of pyridine rings is 1. The third kappa shape index (κ3) is 3.91. The van der Waals surface area contributed by atoms with Gasteiger partial charge in [0.15, 0.2) is 5.82 Å². The average molecular weight is 437 g/mol. The van der Waals surface area contributed by atoms with E-state index in [0.29, 0.717) is 17.4 Å². The van der Waals surface area contributed by atoms with Gasteiger partial charge in [0, 0.05) is 24.8 Å². The second-order valence-corrected chi connectivity index (χ2v) is 8.94. The summed E-state index contributed by atoms with van der Waals surface area (Å²) < 4.78 is 1.08. The maximum Gasteiger partial charge on any atom is 0.157 e. The van der Waals surface area contributed by atoms with Crippen LogP contribution in [0.5, 0.6) is 0 Å². The number of fused-ring (bicyclic) bond motifs is 1. The van der Waals surface area contributed by atoms with Crippen LogP contribution in [-0.4, -0.2) is 39.2 Å². The number of aromatic nitrogens is 2. The summed E-state index contributed by atoms with van der Waals surface area (Å²) in [6, 6.07) is 18.0. The summed E-state index contributed by atoms with van der Waals surface area (Å²) >= 11 is 8.41. The summed E-state index contributed by atoms with van der Waals surface area (Å²) in [5.74, 6) is 0.698. The first-order valence-corrected chi connectivity index (χ1v) is 11.1. The Morgan fingerprint density at radius 2 is 2.00 bits per heavy atom. The molecule has 152 valence electrons. The molecule has 0 radical (unpaired) electrons. The number of nitrogens with zero attached hydrogens (tertiary/aromatic N) is 3. The van der Waals surface area contributed by atoms with Crippen LogP contribution in [0.2, 0.25) is 5.02 Å². The van der Waals surface area contributed by atoms with Gasteiger partial charge in [-0.15, -0.1) is 11.3 Å². The maximum atomic E-state index is 9.77. The second kappa shape index (κ2) is 8.32. The number of thiazole rings is 1. The number of aliphatic hydroxyl groups excluding tert-OH is 1. The molecular weight excluding hydrogens is 416 g/mol. The molecule has 2 aromatic carbocycles. The Morgan fingerprint density at radius 1 is 1.13 bits per heavy atom. The fourth-order valence-electron chi connectivity index (χ4n) is 3.80. The van der Waals surface area contributed by atoms with E-state index < -0.39 is 0 Å². The van der Waals surface area contributed by atoms with Crippen LogP contribution in [0, 0.1) is 0 Å². The van der Waals surface area contributed by atoms with Crippen molar-refractivity contribution in [1.82, 2.24) is 14.9 Å². The van der Waals surface area contributed by atoms with Crippen molar-refractivity contribution in [2.45, 2.75) is 19.1 Å². The molecule has 3 heterocycles. The Kier molecular flexibility index (Phi) is 5.39. The van der Waals surface area contributed by atoms with Crippen LogP contribution in [0.1, 0.15) is 11.4 Å². The number of halogens is 1. The molecule has 1 atom stereocenters.